The third kappa shape index (κ3) is 3.19. The van der Waals surface area contributed by atoms with Gasteiger partial charge >= 0.3 is 0 Å². The largest absolute Gasteiger partial charge is 0.367 e. The summed E-state index contributed by atoms with van der Waals surface area (Å²) in [4.78, 5) is 11.2. The minimum Gasteiger partial charge on any atom is -0.367 e. The van der Waals surface area contributed by atoms with Gasteiger partial charge in [-0.05, 0) is 43.3 Å². The molecule has 2 aliphatic rings. The maximum Gasteiger partial charge on any atom is 0.148 e. The fourth-order valence-corrected chi connectivity index (χ4v) is 4.24. The second kappa shape index (κ2) is 7.57. The molecule has 0 spiro atoms. The van der Waals surface area contributed by atoms with Crippen molar-refractivity contribution >= 4 is 40.4 Å². The third-order valence-electron chi connectivity index (χ3n) is 5.78. The molecule has 0 unspecified atom stereocenters. The van der Waals surface area contributed by atoms with E-state index in [9.17, 15) is 4.39 Å². The zero-order valence-electron chi connectivity index (χ0n) is 15.9. The lowest BCUT2D eigenvalue weighted by Gasteiger charge is -2.34. The molecule has 1 saturated heterocycles. The molecule has 0 bridgehead atoms. The Morgan fingerprint density at radius 1 is 0.964 bits per heavy atom. The van der Waals surface area contributed by atoms with Crippen molar-refractivity contribution in [3.63, 3.8) is 0 Å². The molecular formula is C22H24ClFN4. The van der Waals surface area contributed by atoms with Crippen molar-refractivity contribution < 1.29 is 4.39 Å². The maximum absolute atomic E-state index is 15.0. The topological polar surface area (TPSA) is 22.6 Å². The molecule has 3 heterocycles. The number of aromatic nitrogens is 1. The first kappa shape index (κ1) is 19.0. The Kier molecular flexibility index (Phi) is 5.13. The number of nitrogens with zero attached hydrogens (tertiary/aromatic N) is 4. The highest BCUT2D eigenvalue weighted by molar-refractivity contribution is 5.96. The Balaban J connectivity index is 0.00000192. The van der Waals surface area contributed by atoms with Gasteiger partial charge in [-0.2, -0.15) is 0 Å². The number of rotatable bonds is 2. The van der Waals surface area contributed by atoms with Crippen LogP contribution in [0.2, 0.25) is 0 Å². The molecule has 1 aromatic heterocycles. The Bertz CT molecular complexity index is 1000. The molecule has 2 aliphatic heterocycles. The van der Waals surface area contributed by atoms with Crippen LogP contribution in [-0.4, -0.2) is 49.7 Å². The maximum atomic E-state index is 15.0. The summed E-state index contributed by atoms with van der Waals surface area (Å²) < 4.78 is 15.0. The molecule has 0 saturated carbocycles. The SMILES string of the molecule is CN1CCN(c2ccc(N3CCc4cnc5ccccc5c43)cc2F)CC1.Cl. The van der Waals surface area contributed by atoms with Gasteiger partial charge in [0, 0.05) is 50.0 Å². The molecule has 0 N–H and O–H groups in total. The van der Waals surface area contributed by atoms with Crippen molar-refractivity contribution in [2.45, 2.75) is 6.42 Å². The van der Waals surface area contributed by atoms with E-state index in [1.165, 1.54) is 11.3 Å². The number of hydrogen-bond donors (Lipinski definition) is 0. The summed E-state index contributed by atoms with van der Waals surface area (Å²) in [5, 5.41) is 1.14. The minimum atomic E-state index is -0.135. The van der Waals surface area contributed by atoms with Crippen LogP contribution in [0.25, 0.3) is 10.9 Å². The van der Waals surface area contributed by atoms with Gasteiger partial charge in [-0.3, -0.25) is 4.98 Å². The molecule has 0 atom stereocenters. The quantitative estimate of drug-likeness (QED) is 0.643. The van der Waals surface area contributed by atoms with E-state index in [1.54, 1.807) is 6.07 Å². The van der Waals surface area contributed by atoms with Crippen molar-refractivity contribution in [3.05, 3.63) is 60.0 Å². The van der Waals surface area contributed by atoms with Crippen LogP contribution in [0.4, 0.5) is 21.5 Å². The van der Waals surface area contributed by atoms with E-state index in [0.717, 1.165) is 55.7 Å². The molecule has 6 heteroatoms. The monoisotopic (exact) mass is 398 g/mol. The molecule has 0 radical (unpaired) electrons. The molecule has 3 aromatic rings. The molecule has 0 aliphatic carbocycles. The van der Waals surface area contributed by atoms with Gasteiger partial charge in [0.15, 0.2) is 0 Å². The second-order valence-electron chi connectivity index (χ2n) is 7.48. The molecule has 4 nitrogen and oxygen atoms in total. The van der Waals surface area contributed by atoms with Crippen LogP contribution in [-0.2, 0) is 6.42 Å². The van der Waals surface area contributed by atoms with Crippen molar-refractivity contribution in [3.8, 4) is 0 Å². The normalized spacial score (nSPS) is 16.9. The molecular weight excluding hydrogens is 375 g/mol. The van der Waals surface area contributed by atoms with Crippen molar-refractivity contribution in [1.29, 1.82) is 0 Å². The van der Waals surface area contributed by atoms with Gasteiger partial charge < -0.3 is 14.7 Å². The fraction of sp³-hybridized carbons (Fsp3) is 0.318. The van der Waals surface area contributed by atoms with Gasteiger partial charge in [0.25, 0.3) is 0 Å². The van der Waals surface area contributed by atoms with Crippen LogP contribution in [0.15, 0.2) is 48.7 Å². The lowest BCUT2D eigenvalue weighted by atomic mass is 10.1. The molecule has 2 aromatic carbocycles. The summed E-state index contributed by atoms with van der Waals surface area (Å²) in [6.45, 7) is 4.54. The Morgan fingerprint density at radius 2 is 1.75 bits per heavy atom. The van der Waals surface area contributed by atoms with Crippen LogP contribution >= 0.6 is 12.4 Å². The number of para-hydroxylation sites is 1. The standard InChI is InChI=1S/C22H23FN4.ClH/c1-25-10-12-26(13-11-25)21-7-6-17(14-19(21)23)27-9-8-16-15-24-20-5-3-2-4-18(20)22(16)27;/h2-7,14-15H,8-13H2,1H3;1H. The number of fused-ring (bicyclic) bond motifs is 3. The van der Waals surface area contributed by atoms with Crippen molar-refractivity contribution in [2.24, 2.45) is 0 Å². The molecule has 5 rings (SSSR count). The smallest absolute Gasteiger partial charge is 0.148 e. The van der Waals surface area contributed by atoms with Gasteiger partial charge in [0.2, 0.25) is 0 Å². The van der Waals surface area contributed by atoms with Gasteiger partial charge in [0.05, 0.1) is 16.9 Å². The summed E-state index contributed by atoms with van der Waals surface area (Å²) >= 11 is 0. The van der Waals surface area contributed by atoms with Crippen LogP contribution < -0.4 is 9.80 Å². The predicted octanol–water partition coefficient (Wildman–Crippen LogP) is 4.24. The summed E-state index contributed by atoms with van der Waals surface area (Å²) in [5.41, 5.74) is 5.02. The van der Waals surface area contributed by atoms with E-state index in [2.05, 4.69) is 38.9 Å². The summed E-state index contributed by atoms with van der Waals surface area (Å²) in [7, 11) is 2.11. The van der Waals surface area contributed by atoms with Gasteiger partial charge in [-0.25, -0.2) is 4.39 Å². The van der Waals surface area contributed by atoms with Crippen molar-refractivity contribution in [2.75, 3.05) is 49.6 Å². The Hall–Kier alpha value is -2.37. The third-order valence-corrected chi connectivity index (χ3v) is 5.78. The molecule has 28 heavy (non-hydrogen) atoms. The van der Waals surface area contributed by atoms with E-state index in [-0.39, 0.29) is 18.2 Å². The highest BCUT2D eigenvalue weighted by Crippen LogP contribution is 2.40. The molecule has 146 valence electrons. The van der Waals surface area contributed by atoms with E-state index < -0.39 is 0 Å². The zero-order valence-corrected chi connectivity index (χ0v) is 16.8. The van der Waals surface area contributed by atoms with E-state index >= 15 is 0 Å². The van der Waals surface area contributed by atoms with E-state index in [1.807, 2.05) is 30.5 Å². The lowest BCUT2D eigenvalue weighted by Crippen LogP contribution is -2.44. The van der Waals surface area contributed by atoms with E-state index in [4.69, 9.17) is 0 Å². The zero-order chi connectivity index (χ0) is 18.4. The Labute approximate surface area is 171 Å². The van der Waals surface area contributed by atoms with Gasteiger partial charge in [-0.1, -0.05) is 18.2 Å². The Morgan fingerprint density at radius 3 is 2.54 bits per heavy atom. The first-order chi connectivity index (χ1) is 13.2. The number of halogens is 2. The van der Waals surface area contributed by atoms with Crippen LogP contribution in [0.5, 0.6) is 0 Å². The highest BCUT2D eigenvalue weighted by atomic mass is 35.5. The molecule has 1 fully saturated rings. The summed E-state index contributed by atoms with van der Waals surface area (Å²) in [6.07, 6.45) is 2.90. The number of likely N-dealkylation sites (N-methyl/N-ethyl adjacent to an activating group) is 1. The predicted molar refractivity (Wildman–Crippen MR) is 116 cm³/mol. The van der Waals surface area contributed by atoms with Gasteiger partial charge in [0.1, 0.15) is 5.82 Å². The molecule has 0 amide bonds. The average Bonchev–Trinajstić information content (AvgIpc) is 3.13. The minimum absolute atomic E-state index is 0. The number of anilines is 3. The lowest BCUT2D eigenvalue weighted by molar-refractivity contribution is 0.311. The first-order valence-corrected chi connectivity index (χ1v) is 9.58. The second-order valence-corrected chi connectivity index (χ2v) is 7.48. The highest BCUT2D eigenvalue weighted by Gasteiger charge is 2.25. The van der Waals surface area contributed by atoms with E-state index in [0.29, 0.717) is 5.69 Å². The number of pyridine rings is 1. The van der Waals surface area contributed by atoms with Crippen LogP contribution in [0.3, 0.4) is 0 Å². The number of benzene rings is 2. The fourth-order valence-electron chi connectivity index (χ4n) is 4.24. The first-order valence-electron chi connectivity index (χ1n) is 9.58. The van der Waals surface area contributed by atoms with Crippen LogP contribution in [0, 0.1) is 5.82 Å². The van der Waals surface area contributed by atoms with Gasteiger partial charge in [-0.15, -0.1) is 12.4 Å². The number of hydrogen-bond acceptors (Lipinski definition) is 4. The summed E-state index contributed by atoms with van der Waals surface area (Å²) in [5.74, 6) is -0.135. The van der Waals surface area contributed by atoms with Crippen LogP contribution in [0.1, 0.15) is 5.56 Å². The average molecular weight is 399 g/mol. The summed E-state index contributed by atoms with van der Waals surface area (Å²) in [6, 6.07) is 13.9. The van der Waals surface area contributed by atoms with Crippen molar-refractivity contribution in [1.82, 2.24) is 9.88 Å². The number of piperazine rings is 1.